The van der Waals surface area contributed by atoms with Crippen molar-refractivity contribution in [2.45, 2.75) is 13.5 Å². The highest BCUT2D eigenvalue weighted by atomic mass is 16.5. The van der Waals surface area contributed by atoms with E-state index in [1.807, 2.05) is 6.92 Å². The molecule has 2 aromatic rings. The number of benzene rings is 1. The number of anilines is 1. The van der Waals surface area contributed by atoms with Gasteiger partial charge in [-0.2, -0.15) is 0 Å². The molecule has 1 aromatic heterocycles. The summed E-state index contributed by atoms with van der Waals surface area (Å²) in [5, 5.41) is 5.64. The minimum absolute atomic E-state index is 0.0666. The molecule has 1 aliphatic heterocycles. The molecule has 0 atom stereocenters. The number of aromatic nitrogens is 1. The Bertz CT molecular complexity index is 902. The highest BCUT2D eigenvalue weighted by molar-refractivity contribution is 5.95. The molecule has 2 N–H and O–H groups in total. The second kappa shape index (κ2) is 9.99. The van der Waals surface area contributed by atoms with E-state index in [4.69, 9.17) is 4.74 Å². The number of rotatable bonds is 7. The lowest BCUT2D eigenvalue weighted by molar-refractivity contribution is -0.116. The fraction of sp³-hybridized carbons (Fsp3) is 0.381. The Morgan fingerprint density at radius 3 is 2.52 bits per heavy atom. The smallest absolute Gasteiger partial charge is 0.251 e. The van der Waals surface area contributed by atoms with Gasteiger partial charge in [0.1, 0.15) is 6.54 Å². The summed E-state index contributed by atoms with van der Waals surface area (Å²) < 4.78 is 6.65. The van der Waals surface area contributed by atoms with E-state index in [2.05, 4.69) is 15.5 Å². The quantitative estimate of drug-likeness (QED) is 0.722. The number of carbonyl (C=O) groups is 2. The Morgan fingerprint density at radius 1 is 1.10 bits per heavy atom. The number of pyridine rings is 1. The van der Waals surface area contributed by atoms with Gasteiger partial charge in [0, 0.05) is 49.7 Å². The van der Waals surface area contributed by atoms with Crippen LogP contribution >= 0.6 is 0 Å². The average molecular weight is 398 g/mol. The molecule has 3 rings (SSSR count). The number of nitrogens with one attached hydrogen (secondary N) is 2. The molecule has 1 saturated heterocycles. The normalized spacial score (nSPS) is 14.4. The lowest BCUT2D eigenvalue weighted by Gasteiger charge is -2.26. The Kier molecular flexibility index (Phi) is 7.15. The molecule has 1 fully saturated rings. The summed E-state index contributed by atoms with van der Waals surface area (Å²) in [5.41, 5.74) is 1.73. The maximum Gasteiger partial charge on any atom is 0.251 e. The van der Waals surface area contributed by atoms with Gasteiger partial charge in [0.25, 0.3) is 11.5 Å². The number of amides is 2. The first-order chi connectivity index (χ1) is 14.0. The Labute approximate surface area is 169 Å². The average Bonchev–Trinajstić information content (AvgIpc) is 2.71. The predicted octanol–water partition coefficient (Wildman–Crippen LogP) is 0.857. The van der Waals surface area contributed by atoms with Crippen molar-refractivity contribution in [3.05, 3.63) is 64.1 Å². The van der Waals surface area contributed by atoms with Crippen molar-refractivity contribution in [3.63, 3.8) is 0 Å². The zero-order valence-electron chi connectivity index (χ0n) is 16.5. The van der Waals surface area contributed by atoms with Gasteiger partial charge in [0.15, 0.2) is 0 Å². The summed E-state index contributed by atoms with van der Waals surface area (Å²) in [5.74, 6) is -0.457. The maximum absolute atomic E-state index is 12.2. The second-order valence-electron chi connectivity index (χ2n) is 7.01. The van der Waals surface area contributed by atoms with Crippen LogP contribution in [0.3, 0.4) is 0 Å². The first kappa shape index (κ1) is 20.8. The summed E-state index contributed by atoms with van der Waals surface area (Å²) in [4.78, 5) is 38.5. The third-order valence-corrected chi connectivity index (χ3v) is 4.71. The topological polar surface area (TPSA) is 92.7 Å². The minimum Gasteiger partial charge on any atom is -0.379 e. The number of morpholine rings is 1. The van der Waals surface area contributed by atoms with E-state index in [1.54, 1.807) is 36.5 Å². The van der Waals surface area contributed by atoms with Crippen molar-refractivity contribution >= 4 is 17.5 Å². The van der Waals surface area contributed by atoms with Crippen LogP contribution in [0.1, 0.15) is 15.9 Å². The molecule has 1 aliphatic rings. The summed E-state index contributed by atoms with van der Waals surface area (Å²) in [7, 11) is 0. The van der Waals surface area contributed by atoms with Crippen LogP contribution in [0.5, 0.6) is 0 Å². The third kappa shape index (κ3) is 6.27. The van der Waals surface area contributed by atoms with Gasteiger partial charge in [0.2, 0.25) is 5.91 Å². The first-order valence-electron chi connectivity index (χ1n) is 9.66. The van der Waals surface area contributed by atoms with Crippen LogP contribution in [0.15, 0.2) is 47.4 Å². The van der Waals surface area contributed by atoms with E-state index < -0.39 is 0 Å². The molecule has 29 heavy (non-hydrogen) atoms. The van der Waals surface area contributed by atoms with Crippen molar-refractivity contribution < 1.29 is 14.3 Å². The zero-order chi connectivity index (χ0) is 20.6. The number of hydrogen-bond acceptors (Lipinski definition) is 5. The zero-order valence-corrected chi connectivity index (χ0v) is 16.5. The van der Waals surface area contributed by atoms with Crippen LogP contribution in [0.2, 0.25) is 0 Å². The molecule has 8 heteroatoms. The van der Waals surface area contributed by atoms with Crippen molar-refractivity contribution in [1.82, 2.24) is 14.8 Å². The van der Waals surface area contributed by atoms with Gasteiger partial charge in [-0.3, -0.25) is 19.3 Å². The van der Waals surface area contributed by atoms with Gasteiger partial charge in [0.05, 0.1) is 13.2 Å². The molecule has 0 bridgehead atoms. The van der Waals surface area contributed by atoms with Gasteiger partial charge in [-0.05, 0) is 42.8 Å². The van der Waals surface area contributed by atoms with Gasteiger partial charge < -0.3 is 19.9 Å². The highest BCUT2D eigenvalue weighted by Crippen LogP contribution is 2.10. The van der Waals surface area contributed by atoms with Crippen molar-refractivity contribution in [1.29, 1.82) is 0 Å². The van der Waals surface area contributed by atoms with Crippen LogP contribution < -0.4 is 16.2 Å². The number of ether oxygens (including phenoxy) is 1. The summed E-state index contributed by atoms with van der Waals surface area (Å²) in [6.45, 7) is 6.37. The van der Waals surface area contributed by atoms with E-state index in [0.717, 1.165) is 38.4 Å². The molecule has 8 nitrogen and oxygen atoms in total. The molecule has 0 aliphatic carbocycles. The molecule has 0 unspecified atom stereocenters. The number of hydrogen-bond donors (Lipinski definition) is 2. The largest absolute Gasteiger partial charge is 0.379 e. The lowest BCUT2D eigenvalue weighted by Crippen LogP contribution is -2.41. The minimum atomic E-state index is -0.307. The number of carbonyl (C=O) groups excluding carboxylic acids is 2. The standard InChI is InChI=1S/C21H26N4O4/c1-16-6-8-25(20(27)14-16)15-19(26)23-18-4-2-17(3-5-18)21(28)22-7-9-24-10-12-29-13-11-24/h2-6,8,14H,7,9-13,15H2,1H3,(H,22,28)(H,23,26). The molecule has 0 radical (unpaired) electrons. The van der Waals surface area contributed by atoms with Gasteiger partial charge in [-0.15, -0.1) is 0 Å². The monoisotopic (exact) mass is 398 g/mol. The first-order valence-corrected chi connectivity index (χ1v) is 9.66. The van der Waals surface area contributed by atoms with Crippen molar-refractivity contribution in [2.24, 2.45) is 0 Å². The van der Waals surface area contributed by atoms with E-state index in [-0.39, 0.29) is 23.9 Å². The fourth-order valence-corrected chi connectivity index (χ4v) is 3.05. The predicted molar refractivity (Wildman–Crippen MR) is 110 cm³/mol. The molecule has 2 heterocycles. The summed E-state index contributed by atoms with van der Waals surface area (Å²) in [6.07, 6.45) is 1.60. The van der Waals surface area contributed by atoms with Gasteiger partial charge in [-0.25, -0.2) is 0 Å². The van der Waals surface area contributed by atoms with E-state index in [1.165, 1.54) is 10.6 Å². The molecular formula is C21H26N4O4. The van der Waals surface area contributed by atoms with Crippen LogP contribution in [-0.4, -0.2) is 60.7 Å². The Balaban J connectivity index is 1.46. The lowest BCUT2D eigenvalue weighted by atomic mass is 10.2. The van der Waals surface area contributed by atoms with Crippen molar-refractivity contribution in [3.8, 4) is 0 Å². The molecule has 0 spiro atoms. The van der Waals surface area contributed by atoms with Crippen LogP contribution in [0, 0.1) is 6.92 Å². The number of aryl methyl sites for hydroxylation is 1. The van der Waals surface area contributed by atoms with Crippen molar-refractivity contribution in [2.75, 3.05) is 44.7 Å². The fourth-order valence-electron chi connectivity index (χ4n) is 3.05. The van der Waals surface area contributed by atoms with E-state index in [0.29, 0.717) is 17.8 Å². The highest BCUT2D eigenvalue weighted by Gasteiger charge is 2.11. The van der Waals surface area contributed by atoms with Crippen LogP contribution in [0.4, 0.5) is 5.69 Å². The van der Waals surface area contributed by atoms with E-state index >= 15 is 0 Å². The van der Waals surface area contributed by atoms with Gasteiger partial charge in [-0.1, -0.05) is 0 Å². The molecule has 1 aromatic carbocycles. The van der Waals surface area contributed by atoms with Gasteiger partial charge >= 0.3 is 0 Å². The Morgan fingerprint density at radius 2 is 1.83 bits per heavy atom. The molecule has 0 saturated carbocycles. The van der Waals surface area contributed by atoms with E-state index in [9.17, 15) is 14.4 Å². The summed E-state index contributed by atoms with van der Waals surface area (Å²) in [6, 6.07) is 9.94. The maximum atomic E-state index is 12.2. The number of nitrogens with zero attached hydrogens (tertiary/aromatic N) is 2. The third-order valence-electron chi connectivity index (χ3n) is 4.71. The molecule has 154 valence electrons. The van der Waals surface area contributed by atoms with Crippen LogP contribution in [-0.2, 0) is 16.1 Å². The second-order valence-corrected chi connectivity index (χ2v) is 7.01. The molecule has 2 amide bonds. The Hall–Kier alpha value is -2.97. The molecular weight excluding hydrogens is 372 g/mol. The summed E-state index contributed by atoms with van der Waals surface area (Å²) >= 11 is 0. The van der Waals surface area contributed by atoms with Crippen LogP contribution in [0.25, 0.3) is 0 Å². The SMILES string of the molecule is Cc1ccn(CC(=O)Nc2ccc(C(=O)NCCN3CCOCC3)cc2)c(=O)c1.